The molecule has 1 fully saturated rings. The van der Waals surface area contributed by atoms with Crippen molar-refractivity contribution in [2.75, 3.05) is 6.54 Å². The summed E-state index contributed by atoms with van der Waals surface area (Å²) in [5.41, 5.74) is 0.172. The summed E-state index contributed by atoms with van der Waals surface area (Å²) in [6, 6.07) is 10.3. The van der Waals surface area contributed by atoms with Gasteiger partial charge in [0.2, 0.25) is 0 Å². The maximum Gasteiger partial charge on any atom is 0.257 e. The number of carbonyl (C=O) groups excluding carboxylic acids is 1. The zero-order valence-electron chi connectivity index (χ0n) is 10.4. The van der Waals surface area contributed by atoms with Crippen LogP contribution in [0, 0.1) is 5.82 Å². The molecule has 0 spiro atoms. The first-order valence-electron chi connectivity index (χ1n) is 6.36. The summed E-state index contributed by atoms with van der Waals surface area (Å²) < 4.78 is 13.7. The fourth-order valence-electron chi connectivity index (χ4n) is 2.58. The third-order valence-electron chi connectivity index (χ3n) is 3.49. The summed E-state index contributed by atoms with van der Waals surface area (Å²) in [4.78, 5) is 15.4. The molecule has 0 aliphatic carbocycles. The number of rotatable bonds is 2. The highest BCUT2D eigenvalue weighted by molar-refractivity contribution is 7.10. The Morgan fingerprint density at radius 2 is 2.11 bits per heavy atom. The number of nitrogens with zero attached hydrogens (tertiary/aromatic N) is 1. The molecule has 1 aromatic heterocycles. The molecule has 1 aliphatic heterocycles. The zero-order valence-corrected chi connectivity index (χ0v) is 11.2. The van der Waals surface area contributed by atoms with Crippen LogP contribution in [0.15, 0.2) is 41.8 Å². The van der Waals surface area contributed by atoms with Crippen molar-refractivity contribution in [3.05, 3.63) is 58.0 Å². The zero-order chi connectivity index (χ0) is 13.2. The van der Waals surface area contributed by atoms with E-state index in [1.165, 1.54) is 10.9 Å². The molecule has 1 amide bonds. The van der Waals surface area contributed by atoms with E-state index in [0.717, 1.165) is 12.8 Å². The predicted molar refractivity (Wildman–Crippen MR) is 73.7 cm³/mol. The first-order chi connectivity index (χ1) is 9.27. The number of carbonyl (C=O) groups is 1. The van der Waals surface area contributed by atoms with Gasteiger partial charge in [0.1, 0.15) is 5.82 Å². The lowest BCUT2D eigenvalue weighted by atomic mass is 10.1. The van der Waals surface area contributed by atoms with Crippen LogP contribution in [0.25, 0.3) is 0 Å². The highest BCUT2D eigenvalue weighted by Crippen LogP contribution is 2.35. The smallest absolute Gasteiger partial charge is 0.257 e. The first kappa shape index (κ1) is 12.4. The lowest BCUT2D eigenvalue weighted by Gasteiger charge is -2.24. The molecule has 3 rings (SSSR count). The van der Waals surface area contributed by atoms with Gasteiger partial charge >= 0.3 is 0 Å². The Kier molecular flexibility index (Phi) is 3.34. The average molecular weight is 275 g/mol. The Labute approximate surface area is 115 Å². The summed E-state index contributed by atoms with van der Waals surface area (Å²) >= 11 is 1.65. The minimum atomic E-state index is -0.440. The first-order valence-corrected chi connectivity index (χ1v) is 7.24. The molecule has 1 unspecified atom stereocenters. The maximum absolute atomic E-state index is 13.7. The highest BCUT2D eigenvalue weighted by atomic mass is 32.1. The molecular formula is C15H14FNOS. The molecule has 1 aromatic carbocycles. The standard InChI is InChI=1S/C15H14FNOS/c16-12-6-2-1-5-11(12)15(18)17-9-3-7-13(17)14-8-4-10-19-14/h1-2,4-6,8,10,13H,3,7,9H2. The Hall–Kier alpha value is -1.68. The van der Waals surface area contributed by atoms with Crippen molar-refractivity contribution in [2.45, 2.75) is 18.9 Å². The monoisotopic (exact) mass is 275 g/mol. The van der Waals surface area contributed by atoms with E-state index in [0.29, 0.717) is 6.54 Å². The maximum atomic E-state index is 13.7. The van der Waals surface area contributed by atoms with Gasteiger partial charge in [-0.1, -0.05) is 18.2 Å². The largest absolute Gasteiger partial charge is 0.331 e. The van der Waals surface area contributed by atoms with Crippen LogP contribution < -0.4 is 0 Å². The van der Waals surface area contributed by atoms with Crippen LogP contribution in [-0.4, -0.2) is 17.4 Å². The van der Waals surface area contributed by atoms with E-state index >= 15 is 0 Å². The summed E-state index contributed by atoms with van der Waals surface area (Å²) in [6.07, 6.45) is 1.93. The second-order valence-electron chi connectivity index (χ2n) is 4.65. The van der Waals surface area contributed by atoms with Crippen LogP contribution in [0.2, 0.25) is 0 Å². The highest BCUT2D eigenvalue weighted by Gasteiger charge is 2.32. The van der Waals surface area contributed by atoms with E-state index in [4.69, 9.17) is 0 Å². The van der Waals surface area contributed by atoms with Crippen molar-refractivity contribution in [1.29, 1.82) is 0 Å². The van der Waals surface area contributed by atoms with Gasteiger partial charge in [-0.3, -0.25) is 4.79 Å². The third kappa shape index (κ3) is 2.28. The minimum Gasteiger partial charge on any atom is -0.331 e. The van der Waals surface area contributed by atoms with E-state index in [-0.39, 0.29) is 17.5 Å². The van der Waals surface area contributed by atoms with E-state index < -0.39 is 5.82 Å². The number of likely N-dealkylation sites (tertiary alicyclic amines) is 1. The van der Waals surface area contributed by atoms with E-state index in [9.17, 15) is 9.18 Å². The second kappa shape index (κ2) is 5.13. The second-order valence-corrected chi connectivity index (χ2v) is 5.63. The Balaban J connectivity index is 1.89. The molecule has 1 aliphatic rings. The lowest BCUT2D eigenvalue weighted by molar-refractivity contribution is 0.0733. The molecule has 0 N–H and O–H groups in total. The molecule has 4 heteroatoms. The third-order valence-corrected chi connectivity index (χ3v) is 4.46. The molecule has 98 valence electrons. The Morgan fingerprint density at radius 3 is 2.84 bits per heavy atom. The molecule has 19 heavy (non-hydrogen) atoms. The number of amides is 1. The topological polar surface area (TPSA) is 20.3 Å². The number of benzene rings is 1. The number of hydrogen-bond acceptors (Lipinski definition) is 2. The Morgan fingerprint density at radius 1 is 1.26 bits per heavy atom. The molecular weight excluding hydrogens is 261 g/mol. The lowest BCUT2D eigenvalue weighted by Crippen LogP contribution is -2.30. The van der Waals surface area contributed by atoms with Gasteiger partial charge in [0.15, 0.2) is 0 Å². The molecule has 2 nitrogen and oxygen atoms in total. The molecule has 2 aromatic rings. The molecule has 0 radical (unpaired) electrons. The summed E-state index contributed by atoms with van der Waals surface area (Å²) in [7, 11) is 0. The average Bonchev–Trinajstić information content (AvgIpc) is 3.09. The van der Waals surface area contributed by atoms with Crippen LogP contribution in [0.5, 0.6) is 0 Å². The quantitative estimate of drug-likeness (QED) is 0.815. The van der Waals surface area contributed by atoms with Gasteiger partial charge in [0, 0.05) is 11.4 Å². The van der Waals surface area contributed by atoms with Gasteiger partial charge in [-0.15, -0.1) is 11.3 Å². The summed E-state index contributed by atoms with van der Waals surface area (Å²) in [5.74, 6) is -0.640. The fourth-order valence-corrected chi connectivity index (χ4v) is 3.45. The van der Waals surface area contributed by atoms with Gasteiger partial charge < -0.3 is 4.90 Å². The minimum absolute atomic E-state index is 0.104. The van der Waals surface area contributed by atoms with Crippen molar-refractivity contribution < 1.29 is 9.18 Å². The summed E-state index contributed by atoms with van der Waals surface area (Å²) in [5, 5.41) is 2.01. The van der Waals surface area contributed by atoms with Crippen molar-refractivity contribution >= 4 is 17.2 Å². The Bertz CT molecular complexity index is 582. The number of thiophene rings is 1. The van der Waals surface area contributed by atoms with Crippen molar-refractivity contribution in [3.63, 3.8) is 0 Å². The number of hydrogen-bond donors (Lipinski definition) is 0. The van der Waals surface area contributed by atoms with E-state index in [1.54, 1.807) is 34.4 Å². The normalized spacial score (nSPS) is 18.8. The van der Waals surface area contributed by atoms with E-state index in [2.05, 4.69) is 0 Å². The van der Waals surface area contributed by atoms with E-state index in [1.807, 2.05) is 17.5 Å². The molecule has 2 heterocycles. The van der Waals surface area contributed by atoms with Crippen LogP contribution in [0.4, 0.5) is 4.39 Å². The molecule has 0 bridgehead atoms. The SMILES string of the molecule is O=C(c1ccccc1F)N1CCCC1c1cccs1. The number of halogens is 1. The van der Waals surface area contributed by atoms with Crippen LogP contribution >= 0.6 is 11.3 Å². The van der Waals surface area contributed by atoms with Gasteiger partial charge in [-0.05, 0) is 36.4 Å². The van der Waals surface area contributed by atoms with Gasteiger partial charge in [-0.25, -0.2) is 4.39 Å². The molecule has 0 saturated carbocycles. The van der Waals surface area contributed by atoms with Crippen LogP contribution in [0.3, 0.4) is 0 Å². The van der Waals surface area contributed by atoms with Crippen molar-refractivity contribution in [3.8, 4) is 0 Å². The fraction of sp³-hybridized carbons (Fsp3) is 0.267. The predicted octanol–water partition coefficient (Wildman–Crippen LogP) is 3.86. The molecule has 1 saturated heterocycles. The van der Waals surface area contributed by atoms with Crippen molar-refractivity contribution in [2.24, 2.45) is 0 Å². The molecule has 1 atom stereocenters. The van der Waals surface area contributed by atoms with Crippen LogP contribution in [0.1, 0.15) is 34.1 Å². The van der Waals surface area contributed by atoms with Gasteiger partial charge in [0.25, 0.3) is 5.91 Å². The van der Waals surface area contributed by atoms with Gasteiger partial charge in [0.05, 0.1) is 11.6 Å². The summed E-state index contributed by atoms with van der Waals surface area (Å²) in [6.45, 7) is 0.704. The van der Waals surface area contributed by atoms with Crippen LogP contribution in [-0.2, 0) is 0 Å². The van der Waals surface area contributed by atoms with Crippen molar-refractivity contribution in [1.82, 2.24) is 4.90 Å². The van der Waals surface area contributed by atoms with Gasteiger partial charge in [-0.2, -0.15) is 0 Å².